The van der Waals surface area contributed by atoms with E-state index in [1.165, 1.54) is 0 Å². The predicted octanol–water partition coefficient (Wildman–Crippen LogP) is 4.74. The number of unbranched alkanes of at least 4 members (excludes halogenated alkanes) is 2. The number of benzene rings is 1. The number of H-pyrrole nitrogens is 1. The molecule has 0 atom stereocenters. The standard InChI is InChI=1S/C24H28ClN7O/c1-3-5-6-7-21-22(25)31(14-4-2)24(33)32(21)16-17-8-10-18(11-9-17)19-12-13-26-15-20(19)23-27-29-30-28-23/h8-13,15H,3-7,14,16H2,1-2H3,(H,27,28,29,30). The van der Waals surface area contributed by atoms with E-state index in [0.717, 1.165) is 60.1 Å². The summed E-state index contributed by atoms with van der Waals surface area (Å²) in [7, 11) is 0. The van der Waals surface area contributed by atoms with Gasteiger partial charge in [-0.3, -0.25) is 14.1 Å². The van der Waals surface area contributed by atoms with Crippen LogP contribution in [-0.4, -0.2) is 34.7 Å². The van der Waals surface area contributed by atoms with Crippen molar-refractivity contribution in [1.82, 2.24) is 34.7 Å². The van der Waals surface area contributed by atoms with Crippen molar-refractivity contribution in [3.63, 3.8) is 0 Å². The van der Waals surface area contributed by atoms with Crippen LogP contribution in [-0.2, 0) is 19.5 Å². The summed E-state index contributed by atoms with van der Waals surface area (Å²) in [6.45, 7) is 5.35. The highest BCUT2D eigenvalue weighted by atomic mass is 35.5. The molecule has 0 saturated heterocycles. The Hall–Kier alpha value is -3.26. The van der Waals surface area contributed by atoms with Crippen LogP contribution < -0.4 is 5.69 Å². The summed E-state index contributed by atoms with van der Waals surface area (Å²) < 4.78 is 3.53. The number of halogens is 1. The maximum Gasteiger partial charge on any atom is 0.329 e. The lowest BCUT2D eigenvalue weighted by Crippen LogP contribution is -2.25. The van der Waals surface area contributed by atoms with Crippen LogP contribution in [0.1, 0.15) is 50.8 Å². The van der Waals surface area contributed by atoms with Crippen LogP contribution in [0.2, 0.25) is 5.15 Å². The number of pyridine rings is 1. The summed E-state index contributed by atoms with van der Waals surface area (Å²) in [5, 5.41) is 14.7. The van der Waals surface area contributed by atoms with Gasteiger partial charge in [-0.1, -0.05) is 62.6 Å². The Labute approximate surface area is 197 Å². The molecule has 9 heteroatoms. The molecule has 0 amide bonds. The fraction of sp³-hybridized carbons (Fsp3) is 0.375. The van der Waals surface area contributed by atoms with Crippen molar-refractivity contribution in [3.8, 4) is 22.5 Å². The number of tetrazole rings is 1. The van der Waals surface area contributed by atoms with Gasteiger partial charge in [0.15, 0.2) is 5.82 Å². The molecule has 0 spiro atoms. The third-order valence-corrected chi connectivity index (χ3v) is 6.18. The third-order valence-electron chi connectivity index (χ3n) is 5.75. The Kier molecular flexibility index (Phi) is 7.34. The molecule has 4 rings (SSSR count). The number of aromatic nitrogens is 7. The quantitative estimate of drug-likeness (QED) is 0.341. The van der Waals surface area contributed by atoms with Gasteiger partial charge in [0.05, 0.1) is 12.2 Å². The summed E-state index contributed by atoms with van der Waals surface area (Å²) in [6, 6.07) is 10.1. The highest BCUT2D eigenvalue weighted by molar-refractivity contribution is 6.30. The van der Waals surface area contributed by atoms with Crippen LogP contribution in [0.4, 0.5) is 0 Å². The molecule has 4 aromatic rings. The second-order valence-electron chi connectivity index (χ2n) is 8.08. The minimum absolute atomic E-state index is 0.0355. The van der Waals surface area contributed by atoms with Gasteiger partial charge in [-0.15, -0.1) is 5.10 Å². The Balaban J connectivity index is 1.63. The van der Waals surface area contributed by atoms with E-state index >= 15 is 0 Å². The first-order valence-electron chi connectivity index (χ1n) is 11.4. The van der Waals surface area contributed by atoms with Gasteiger partial charge >= 0.3 is 5.69 Å². The monoisotopic (exact) mass is 465 g/mol. The van der Waals surface area contributed by atoms with Crippen LogP contribution in [0.5, 0.6) is 0 Å². The lowest BCUT2D eigenvalue weighted by molar-refractivity contribution is 0.615. The fourth-order valence-electron chi connectivity index (χ4n) is 4.05. The molecule has 0 aliphatic rings. The number of hydrogen-bond acceptors (Lipinski definition) is 5. The highest BCUT2D eigenvalue weighted by Crippen LogP contribution is 2.29. The average Bonchev–Trinajstić information content (AvgIpc) is 3.45. The smallest absolute Gasteiger partial charge is 0.290 e. The molecule has 0 saturated carbocycles. The average molecular weight is 466 g/mol. The lowest BCUT2D eigenvalue weighted by Gasteiger charge is -2.10. The van der Waals surface area contributed by atoms with Crippen molar-refractivity contribution in [2.45, 2.75) is 59.0 Å². The molecule has 1 aromatic carbocycles. The topological polar surface area (TPSA) is 94.3 Å². The van der Waals surface area contributed by atoms with Gasteiger partial charge in [-0.25, -0.2) is 9.89 Å². The van der Waals surface area contributed by atoms with E-state index in [4.69, 9.17) is 11.6 Å². The largest absolute Gasteiger partial charge is 0.329 e. The molecule has 3 aromatic heterocycles. The van der Waals surface area contributed by atoms with Crippen LogP contribution in [0.3, 0.4) is 0 Å². The normalized spacial score (nSPS) is 11.2. The number of hydrogen-bond donors (Lipinski definition) is 1. The zero-order valence-corrected chi connectivity index (χ0v) is 19.7. The zero-order valence-electron chi connectivity index (χ0n) is 19.0. The predicted molar refractivity (Wildman–Crippen MR) is 129 cm³/mol. The molecule has 1 N–H and O–H groups in total. The van der Waals surface area contributed by atoms with Crippen molar-refractivity contribution in [1.29, 1.82) is 0 Å². The second kappa shape index (κ2) is 10.6. The summed E-state index contributed by atoms with van der Waals surface area (Å²) in [5.41, 5.74) is 4.76. The van der Waals surface area contributed by atoms with Gasteiger partial charge in [-0.05, 0) is 52.4 Å². The molecule has 0 unspecified atom stereocenters. The van der Waals surface area contributed by atoms with Crippen LogP contribution in [0.25, 0.3) is 22.5 Å². The minimum Gasteiger partial charge on any atom is -0.290 e. The summed E-state index contributed by atoms with van der Waals surface area (Å²) >= 11 is 6.65. The lowest BCUT2D eigenvalue weighted by atomic mass is 10.00. The van der Waals surface area contributed by atoms with Gasteiger partial charge in [0.1, 0.15) is 5.15 Å². The van der Waals surface area contributed by atoms with Gasteiger partial charge in [-0.2, -0.15) is 0 Å². The van der Waals surface area contributed by atoms with E-state index in [1.807, 2.05) is 34.9 Å². The van der Waals surface area contributed by atoms with Crippen LogP contribution in [0.15, 0.2) is 47.5 Å². The Morgan fingerprint density at radius 2 is 1.82 bits per heavy atom. The SMILES string of the molecule is CCCCCc1c(Cl)n(CCC)c(=O)n1Cc1ccc(-c2ccncc2-c2nnn[nH]2)cc1. The molecular weight excluding hydrogens is 438 g/mol. The Morgan fingerprint density at radius 3 is 2.52 bits per heavy atom. The van der Waals surface area contributed by atoms with Gasteiger partial charge in [0.2, 0.25) is 0 Å². The van der Waals surface area contributed by atoms with Gasteiger partial charge < -0.3 is 0 Å². The molecule has 3 heterocycles. The van der Waals surface area contributed by atoms with Gasteiger partial charge in [0.25, 0.3) is 0 Å². The molecule has 8 nitrogen and oxygen atoms in total. The number of rotatable bonds is 10. The fourth-order valence-corrected chi connectivity index (χ4v) is 4.41. The number of aromatic amines is 1. The minimum atomic E-state index is -0.0355. The first-order chi connectivity index (χ1) is 16.1. The molecule has 0 aliphatic heterocycles. The van der Waals surface area contributed by atoms with E-state index in [9.17, 15) is 4.79 Å². The Morgan fingerprint density at radius 1 is 1.00 bits per heavy atom. The molecular formula is C24H28ClN7O. The van der Waals surface area contributed by atoms with Crippen molar-refractivity contribution >= 4 is 11.6 Å². The van der Waals surface area contributed by atoms with Gasteiger partial charge in [0, 0.05) is 24.5 Å². The highest BCUT2D eigenvalue weighted by Gasteiger charge is 2.18. The first-order valence-corrected chi connectivity index (χ1v) is 11.8. The van der Waals surface area contributed by atoms with Crippen molar-refractivity contribution in [2.75, 3.05) is 0 Å². The molecule has 172 valence electrons. The van der Waals surface area contributed by atoms with E-state index < -0.39 is 0 Å². The number of nitrogens with zero attached hydrogens (tertiary/aromatic N) is 6. The van der Waals surface area contributed by atoms with Crippen molar-refractivity contribution in [3.05, 3.63) is 69.6 Å². The zero-order chi connectivity index (χ0) is 23.2. The van der Waals surface area contributed by atoms with E-state index in [2.05, 4.69) is 39.5 Å². The molecule has 0 fully saturated rings. The third kappa shape index (κ3) is 4.90. The van der Waals surface area contributed by atoms with Crippen LogP contribution in [0, 0.1) is 0 Å². The van der Waals surface area contributed by atoms with E-state index in [0.29, 0.717) is 24.1 Å². The summed E-state index contributed by atoms with van der Waals surface area (Å²) in [4.78, 5) is 17.3. The molecule has 0 radical (unpaired) electrons. The maximum absolute atomic E-state index is 13.1. The van der Waals surface area contributed by atoms with Crippen molar-refractivity contribution in [2.24, 2.45) is 0 Å². The second-order valence-corrected chi connectivity index (χ2v) is 8.44. The Bertz CT molecular complexity index is 1240. The molecule has 0 aliphatic carbocycles. The maximum atomic E-state index is 13.1. The van der Waals surface area contributed by atoms with Crippen molar-refractivity contribution < 1.29 is 0 Å². The molecule has 33 heavy (non-hydrogen) atoms. The van der Waals surface area contributed by atoms with Crippen LogP contribution >= 0.6 is 11.6 Å². The summed E-state index contributed by atoms with van der Waals surface area (Å²) in [6.07, 6.45) is 8.42. The first kappa shape index (κ1) is 22.9. The van der Waals surface area contributed by atoms with E-state index in [1.54, 1.807) is 17.0 Å². The summed E-state index contributed by atoms with van der Waals surface area (Å²) in [5.74, 6) is 0.567. The number of nitrogens with one attached hydrogen (secondary N) is 1. The number of imidazole rings is 1. The van der Waals surface area contributed by atoms with E-state index in [-0.39, 0.29) is 5.69 Å². The molecule has 0 bridgehead atoms.